The fourth-order valence-corrected chi connectivity index (χ4v) is 3.86. The summed E-state index contributed by atoms with van der Waals surface area (Å²) in [6, 6.07) is 8.15. The van der Waals surface area contributed by atoms with E-state index in [0.29, 0.717) is 25.9 Å². The number of aryl methyl sites for hydroxylation is 1. The zero-order chi connectivity index (χ0) is 23.4. The maximum Gasteiger partial charge on any atom is 0.223 e. The van der Waals surface area contributed by atoms with Crippen molar-refractivity contribution in [1.82, 2.24) is 15.2 Å². The van der Waals surface area contributed by atoms with Gasteiger partial charge in [-0.05, 0) is 29.9 Å². The molecule has 3 rings (SSSR count). The van der Waals surface area contributed by atoms with E-state index in [0.717, 1.165) is 24.2 Å². The van der Waals surface area contributed by atoms with Gasteiger partial charge in [-0.1, -0.05) is 45.0 Å². The van der Waals surface area contributed by atoms with E-state index in [1.165, 1.54) is 10.4 Å². The van der Waals surface area contributed by atoms with E-state index in [2.05, 4.69) is 54.9 Å². The van der Waals surface area contributed by atoms with Crippen LogP contribution in [0.5, 0.6) is 0 Å². The van der Waals surface area contributed by atoms with Crippen LogP contribution in [-0.2, 0) is 16.1 Å². The van der Waals surface area contributed by atoms with Crippen LogP contribution in [0.25, 0.3) is 10.4 Å². The highest BCUT2D eigenvalue weighted by Gasteiger charge is 2.27. The number of rotatable bonds is 5. The number of β-amino-alcohol motifs (C(OH)–C–C–N with tert-alkyl or cyclic N) is 1. The third-order valence-electron chi connectivity index (χ3n) is 4.55. The molecule has 0 spiro atoms. The van der Waals surface area contributed by atoms with Crippen molar-refractivity contribution >= 4 is 23.7 Å². The summed E-state index contributed by atoms with van der Waals surface area (Å²) in [5.74, 6) is 8.17. The molecule has 8 nitrogen and oxygen atoms in total. The molecule has 0 radical (unpaired) electrons. The van der Waals surface area contributed by atoms with Gasteiger partial charge in [-0.3, -0.25) is 21.3 Å². The fraction of sp³-hybridized carbons (Fsp3) is 0.500. The molecule has 0 bridgehead atoms. The van der Waals surface area contributed by atoms with Crippen molar-refractivity contribution in [1.29, 1.82) is 0 Å². The van der Waals surface area contributed by atoms with Crippen LogP contribution >= 0.6 is 11.3 Å². The highest BCUT2D eigenvalue weighted by Crippen LogP contribution is 2.27. The molecule has 9 heteroatoms. The fourth-order valence-electron chi connectivity index (χ4n) is 3.05. The topological polar surface area (TPSA) is 135 Å². The summed E-state index contributed by atoms with van der Waals surface area (Å²) >= 11 is 1.64. The lowest BCUT2D eigenvalue weighted by atomic mass is 9.92. The number of benzene rings is 1. The summed E-state index contributed by atoms with van der Waals surface area (Å²) in [5.41, 5.74) is 5.23. The number of aliphatic hydroxyl groups is 1. The average Bonchev–Trinajstić information content (AvgIpc) is 3.36. The van der Waals surface area contributed by atoms with Gasteiger partial charge in [0.05, 0.1) is 22.2 Å². The number of hydrogen-bond acceptors (Lipinski definition) is 7. The minimum atomic E-state index is -0.302. The normalized spacial score (nSPS) is 15.3. The lowest BCUT2D eigenvalue weighted by molar-refractivity contribution is -0.132. The summed E-state index contributed by atoms with van der Waals surface area (Å²) in [6.45, 7) is 9.98. The molecule has 1 aromatic heterocycles. The number of aromatic nitrogens is 1. The zero-order valence-corrected chi connectivity index (χ0v) is 19.6. The van der Waals surface area contributed by atoms with Gasteiger partial charge in [-0.15, -0.1) is 11.3 Å². The number of nitrogens with two attached hydrogens (primary N) is 2. The van der Waals surface area contributed by atoms with Gasteiger partial charge in [0, 0.05) is 26.1 Å². The Kier molecular flexibility index (Phi) is 11.3. The summed E-state index contributed by atoms with van der Waals surface area (Å²) < 4.78 is 0. The van der Waals surface area contributed by atoms with Crippen LogP contribution in [-0.4, -0.2) is 46.5 Å². The zero-order valence-electron chi connectivity index (χ0n) is 18.8. The maximum atomic E-state index is 11.6. The van der Waals surface area contributed by atoms with Crippen LogP contribution in [0.1, 0.15) is 44.9 Å². The van der Waals surface area contributed by atoms with Crippen LogP contribution < -0.4 is 17.0 Å². The average molecular weight is 450 g/mol. The lowest BCUT2D eigenvalue weighted by Gasteiger charge is -2.22. The highest BCUT2D eigenvalue weighted by molar-refractivity contribution is 7.13. The molecule has 1 aliphatic heterocycles. The van der Waals surface area contributed by atoms with E-state index < -0.39 is 0 Å². The van der Waals surface area contributed by atoms with E-state index in [1.807, 2.05) is 24.6 Å². The number of carbonyl (C=O) groups is 2. The Morgan fingerprint density at radius 1 is 1.32 bits per heavy atom. The quantitative estimate of drug-likeness (QED) is 0.314. The Morgan fingerprint density at radius 2 is 1.97 bits per heavy atom. The van der Waals surface area contributed by atoms with Crippen LogP contribution in [0.2, 0.25) is 0 Å². The van der Waals surface area contributed by atoms with Crippen LogP contribution in [0.3, 0.4) is 0 Å². The molecule has 1 aromatic carbocycles. The predicted molar refractivity (Wildman–Crippen MR) is 125 cm³/mol. The van der Waals surface area contributed by atoms with Gasteiger partial charge < -0.3 is 15.3 Å². The summed E-state index contributed by atoms with van der Waals surface area (Å²) in [5, 5.41) is 11.9. The molecular weight excluding hydrogens is 414 g/mol. The van der Waals surface area contributed by atoms with E-state index in [4.69, 9.17) is 0 Å². The smallest absolute Gasteiger partial charge is 0.223 e. The van der Waals surface area contributed by atoms with Gasteiger partial charge >= 0.3 is 0 Å². The number of carbonyl (C=O) groups excluding carboxylic acids is 2. The summed E-state index contributed by atoms with van der Waals surface area (Å²) in [4.78, 5) is 29.0. The molecule has 2 aromatic rings. The molecule has 0 saturated carbocycles. The van der Waals surface area contributed by atoms with Crippen molar-refractivity contribution in [3.8, 4) is 10.4 Å². The number of nitrogens with zero attached hydrogens (tertiary/aromatic N) is 2. The van der Waals surface area contributed by atoms with Gasteiger partial charge in [0.15, 0.2) is 0 Å². The summed E-state index contributed by atoms with van der Waals surface area (Å²) in [7, 11) is 0. The minimum Gasteiger partial charge on any atom is -0.391 e. The first kappa shape index (κ1) is 26.7. The lowest BCUT2D eigenvalue weighted by Crippen LogP contribution is -2.32. The van der Waals surface area contributed by atoms with Crippen molar-refractivity contribution in [2.24, 2.45) is 17.1 Å². The van der Waals surface area contributed by atoms with Crippen LogP contribution in [0, 0.1) is 12.3 Å². The minimum absolute atomic E-state index is 0.0463. The Bertz CT molecular complexity index is 802. The van der Waals surface area contributed by atoms with Crippen LogP contribution in [0.15, 0.2) is 29.8 Å². The third kappa shape index (κ3) is 9.56. The van der Waals surface area contributed by atoms with Crippen molar-refractivity contribution in [3.63, 3.8) is 0 Å². The number of hydrazine groups is 1. The Balaban J connectivity index is 0.000000293. The molecule has 2 amide bonds. The van der Waals surface area contributed by atoms with Crippen molar-refractivity contribution in [3.05, 3.63) is 41.0 Å². The van der Waals surface area contributed by atoms with Crippen molar-refractivity contribution < 1.29 is 14.7 Å². The first-order valence-electron chi connectivity index (χ1n) is 10.1. The van der Waals surface area contributed by atoms with Gasteiger partial charge in [0.2, 0.25) is 12.3 Å². The molecule has 172 valence electrons. The number of amides is 2. The number of hydrogen-bond donors (Lipinski definition) is 4. The molecule has 1 fully saturated rings. The highest BCUT2D eigenvalue weighted by atomic mass is 32.1. The number of aliphatic hydroxyl groups excluding tert-OH is 1. The Labute approximate surface area is 188 Å². The second-order valence-electron chi connectivity index (χ2n) is 8.48. The van der Waals surface area contributed by atoms with Crippen molar-refractivity contribution in [2.45, 2.75) is 53.2 Å². The molecule has 1 saturated heterocycles. The molecule has 1 unspecified atom stereocenters. The first-order chi connectivity index (χ1) is 14.7. The van der Waals surface area contributed by atoms with Gasteiger partial charge in [-0.2, -0.15) is 0 Å². The van der Waals surface area contributed by atoms with Gasteiger partial charge in [0.25, 0.3) is 0 Å². The van der Waals surface area contributed by atoms with Gasteiger partial charge in [0.1, 0.15) is 0 Å². The monoisotopic (exact) mass is 449 g/mol. The second kappa shape index (κ2) is 13.2. The van der Waals surface area contributed by atoms with Crippen molar-refractivity contribution in [2.75, 3.05) is 13.1 Å². The van der Waals surface area contributed by atoms with E-state index in [-0.39, 0.29) is 17.4 Å². The van der Waals surface area contributed by atoms with E-state index in [9.17, 15) is 14.7 Å². The number of thiazole rings is 1. The number of nitrogens with one attached hydrogen (secondary N) is 1. The summed E-state index contributed by atoms with van der Waals surface area (Å²) in [6.07, 6.45) is 1.71. The first-order valence-corrected chi connectivity index (χ1v) is 11.0. The predicted octanol–water partition coefficient (Wildman–Crippen LogP) is 2.20. The Hall–Kier alpha value is -2.33. The molecule has 31 heavy (non-hydrogen) atoms. The SMILES string of the molecule is CC(C)(C)CC(=O)N1CCC(O)C1.Cc1ncsc1-c1ccc(CNC=O)cc1.NN. The molecular formula is C22H35N5O3S. The van der Waals surface area contributed by atoms with E-state index in [1.54, 1.807) is 16.2 Å². The molecule has 1 atom stereocenters. The largest absolute Gasteiger partial charge is 0.391 e. The standard InChI is InChI=1S/C12H12N2OS.C10H19NO2.H4N2/c1-9-12(16-8-14-9)11-4-2-10(3-5-11)6-13-7-15;1-10(2,3)6-9(13)11-5-4-8(12)7-11;1-2/h2-5,7-8H,6H2,1H3,(H,13,15);8,12H,4-7H2,1-3H3;1-2H2. The molecule has 1 aliphatic rings. The third-order valence-corrected chi connectivity index (χ3v) is 5.53. The Morgan fingerprint density at radius 3 is 2.42 bits per heavy atom. The molecule has 2 heterocycles. The number of likely N-dealkylation sites (tertiary alicyclic amines) is 1. The van der Waals surface area contributed by atoms with Crippen LogP contribution in [0.4, 0.5) is 0 Å². The van der Waals surface area contributed by atoms with Gasteiger partial charge in [-0.25, -0.2) is 4.98 Å². The molecule has 0 aliphatic carbocycles. The molecule has 6 N–H and O–H groups in total. The van der Waals surface area contributed by atoms with E-state index >= 15 is 0 Å². The second-order valence-corrected chi connectivity index (χ2v) is 9.34. The maximum absolute atomic E-state index is 11.6.